The Balaban J connectivity index is 2.02. The van der Waals surface area contributed by atoms with Crippen LogP contribution in [0.25, 0.3) is 0 Å². The molecule has 2 N–H and O–H groups in total. The van der Waals surface area contributed by atoms with Crippen molar-refractivity contribution in [3.8, 4) is 5.75 Å². The van der Waals surface area contributed by atoms with Crippen LogP contribution in [-0.4, -0.2) is 20.1 Å². The molecule has 2 aromatic rings. The van der Waals surface area contributed by atoms with Crippen LogP contribution in [0.5, 0.6) is 5.75 Å². The van der Waals surface area contributed by atoms with Gasteiger partial charge in [-0.2, -0.15) is 0 Å². The Kier molecular flexibility index (Phi) is 4.42. The van der Waals surface area contributed by atoms with E-state index in [0.29, 0.717) is 13.0 Å². The molecule has 0 aliphatic carbocycles. The molecule has 0 amide bonds. The highest BCUT2D eigenvalue weighted by atomic mass is 32.2. The van der Waals surface area contributed by atoms with Crippen LogP contribution in [0.4, 0.5) is 0 Å². The number of para-hydroxylation sites is 1. The molecule has 0 atom stereocenters. The lowest BCUT2D eigenvalue weighted by atomic mass is 10.1. The zero-order valence-electron chi connectivity index (χ0n) is 11.2. The van der Waals surface area contributed by atoms with Crippen molar-refractivity contribution in [2.45, 2.75) is 18.2 Å². The number of rotatable bonds is 5. The van der Waals surface area contributed by atoms with Gasteiger partial charge in [0, 0.05) is 6.54 Å². The molecule has 20 heavy (non-hydrogen) atoms. The molecule has 0 spiro atoms. The molecule has 2 rings (SSSR count). The molecular weight excluding hydrogens is 274 g/mol. The fourth-order valence-electron chi connectivity index (χ4n) is 1.96. The summed E-state index contributed by atoms with van der Waals surface area (Å²) >= 11 is 0. The van der Waals surface area contributed by atoms with Crippen LogP contribution < -0.4 is 4.72 Å². The Labute approximate surface area is 119 Å². The number of nitrogens with one attached hydrogen (secondary N) is 1. The smallest absolute Gasteiger partial charge is 0.244 e. The number of aromatic hydroxyl groups is 1. The van der Waals surface area contributed by atoms with Gasteiger partial charge < -0.3 is 5.11 Å². The standard InChI is InChI=1S/C15H17NO3S/c1-12-5-4-6-13(11-12)9-10-16-20(18,19)15-8-3-2-7-14(15)17/h2-8,11,16-17H,9-10H2,1H3. The molecule has 0 saturated carbocycles. The lowest BCUT2D eigenvalue weighted by Crippen LogP contribution is -2.26. The molecule has 106 valence electrons. The van der Waals surface area contributed by atoms with E-state index in [1.165, 1.54) is 12.1 Å². The number of aryl methyl sites for hydroxylation is 1. The first kappa shape index (κ1) is 14.6. The Bertz CT molecular complexity index is 696. The predicted octanol–water partition coefficient (Wildman–Crippen LogP) is 2.22. The van der Waals surface area contributed by atoms with Crippen LogP contribution in [0, 0.1) is 6.92 Å². The minimum Gasteiger partial charge on any atom is -0.507 e. The summed E-state index contributed by atoms with van der Waals surface area (Å²) in [5.41, 5.74) is 2.22. The van der Waals surface area contributed by atoms with E-state index in [1.807, 2.05) is 31.2 Å². The molecule has 0 aliphatic heterocycles. The number of sulfonamides is 1. The van der Waals surface area contributed by atoms with Crippen molar-refractivity contribution in [2.24, 2.45) is 0 Å². The second-order valence-electron chi connectivity index (χ2n) is 4.60. The van der Waals surface area contributed by atoms with E-state index in [-0.39, 0.29) is 10.6 Å². The molecule has 0 aliphatic rings. The fraction of sp³-hybridized carbons (Fsp3) is 0.200. The zero-order chi connectivity index (χ0) is 14.6. The van der Waals surface area contributed by atoms with Gasteiger partial charge in [-0.05, 0) is 31.0 Å². The van der Waals surface area contributed by atoms with E-state index in [1.54, 1.807) is 12.1 Å². The first-order valence-electron chi connectivity index (χ1n) is 6.32. The molecule has 2 aromatic carbocycles. The molecule has 0 bridgehead atoms. The summed E-state index contributed by atoms with van der Waals surface area (Å²) in [5, 5.41) is 9.58. The highest BCUT2D eigenvalue weighted by Gasteiger charge is 2.17. The van der Waals surface area contributed by atoms with Crippen molar-refractivity contribution in [2.75, 3.05) is 6.54 Å². The maximum Gasteiger partial charge on any atom is 0.244 e. The van der Waals surface area contributed by atoms with Crippen LogP contribution >= 0.6 is 0 Å². The minimum atomic E-state index is -3.67. The summed E-state index contributed by atoms with van der Waals surface area (Å²) in [5.74, 6) is -0.240. The topological polar surface area (TPSA) is 66.4 Å². The van der Waals surface area contributed by atoms with Crippen LogP contribution in [0.3, 0.4) is 0 Å². The van der Waals surface area contributed by atoms with Gasteiger partial charge in [0.05, 0.1) is 0 Å². The second-order valence-corrected chi connectivity index (χ2v) is 6.34. The summed E-state index contributed by atoms with van der Waals surface area (Å²) < 4.78 is 26.6. The average Bonchev–Trinajstić information content (AvgIpc) is 2.39. The Morgan fingerprint density at radius 3 is 2.55 bits per heavy atom. The third kappa shape index (κ3) is 3.59. The van der Waals surface area contributed by atoms with Gasteiger partial charge in [-0.15, -0.1) is 0 Å². The highest BCUT2D eigenvalue weighted by molar-refractivity contribution is 7.89. The molecular formula is C15H17NO3S. The van der Waals surface area contributed by atoms with Gasteiger partial charge in [0.1, 0.15) is 10.6 Å². The Morgan fingerprint density at radius 2 is 1.85 bits per heavy atom. The van der Waals surface area contributed by atoms with Crippen LogP contribution in [0.15, 0.2) is 53.4 Å². The van der Waals surface area contributed by atoms with Crippen molar-refractivity contribution in [3.63, 3.8) is 0 Å². The molecule has 0 heterocycles. The van der Waals surface area contributed by atoms with Gasteiger partial charge in [0.2, 0.25) is 10.0 Å². The molecule has 0 radical (unpaired) electrons. The van der Waals surface area contributed by atoms with Crippen molar-refractivity contribution in [1.82, 2.24) is 4.72 Å². The van der Waals surface area contributed by atoms with Gasteiger partial charge in [-0.1, -0.05) is 42.0 Å². The van der Waals surface area contributed by atoms with E-state index >= 15 is 0 Å². The van der Waals surface area contributed by atoms with Gasteiger partial charge in [-0.3, -0.25) is 0 Å². The molecule has 4 nitrogen and oxygen atoms in total. The molecule has 0 aromatic heterocycles. The van der Waals surface area contributed by atoms with Gasteiger partial charge in [-0.25, -0.2) is 13.1 Å². The zero-order valence-corrected chi connectivity index (χ0v) is 12.0. The van der Waals surface area contributed by atoms with Crippen molar-refractivity contribution >= 4 is 10.0 Å². The average molecular weight is 291 g/mol. The molecule has 0 fully saturated rings. The van der Waals surface area contributed by atoms with E-state index < -0.39 is 10.0 Å². The predicted molar refractivity (Wildman–Crippen MR) is 78.2 cm³/mol. The van der Waals surface area contributed by atoms with Gasteiger partial charge >= 0.3 is 0 Å². The van der Waals surface area contributed by atoms with Crippen molar-refractivity contribution < 1.29 is 13.5 Å². The SMILES string of the molecule is Cc1cccc(CCNS(=O)(=O)c2ccccc2O)c1. The highest BCUT2D eigenvalue weighted by Crippen LogP contribution is 2.20. The third-order valence-electron chi connectivity index (χ3n) is 2.94. The molecule has 0 unspecified atom stereocenters. The van der Waals surface area contributed by atoms with Crippen LogP contribution in [-0.2, 0) is 16.4 Å². The van der Waals surface area contributed by atoms with Gasteiger partial charge in [0.25, 0.3) is 0 Å². The summed E-state index contributed by atoms with van der Waals surface area (Å²) in [6, 6.07) is 13.8. The van der Waals surface area contributed by atoms with Crippen molar-refractivity contribution in [3.05, 3.63) is 59.7 Å². The lowest BCUT2D eigenvalue weighted by Gasteiger charge is -2.08. The maximum atomic E-state index is 12.0. The number of hydrogen-bond donors (Lipinski definition) is 2. The van der Waals surface area contributed by atoms with E-state index in [2.05, 4.69) is 4.72 Å². The lowest BCUT2D eigenvalue weighted by molar-refractivity contribution is 0.458. The first-order valence-corrected chi connectivity index (χ1v) is 7.80. The van der Waals surface area contributed by atoms with Gasteiger partial charge in [0.15, 0.2) is 0 Å². The summed E-state index contributed by atoms with van der Waals surface area (Å²) in [7, 11) is -3.67. The summed E-state index contributed by atoms with van der Waals surface area (Å²) in [6.07, 6.45) is 0.606. The Morgan fingerprint density at radius 1 is 1.10 bits per heavy atom. The van der Waals surface area contributed by atoms with Crippen molar-refractivity contribution in [1.29, 1.82) is 0 Å². The van der Waals surface area contributed by atoms with Crippen LogP contribution in [0.2, 0.25) is 0 Å². The largest absolute Gasteiger partial charge is 0.507 e. The normalized spacial score (nSPS) is 11.4. The monoisotopic (exact) mass is 291 g/mol. The Hall–Kier alpha value is -1.85. The van der Waals surface area contributed by atoms with E-state index in [4.69, 9.17) is 0 Å². The number of benzene rings is 2. The quantitative estimate of drug-likeness (QED) is 0.887. The third-order valence-corrected chi connectivity index (χ3v) is 4.45. The number of hydrogen-bond acceptors (Lipinski definition) is 3. The first-order chi connectivity index (χ1) is 9.49. The number of phenols is 1. The molecule has 0 saturated heterocycles. The number of phenolic OH excluding ortho intramolecular Hbond substituents is 1. The summed E-state index contributed by atoms with van der Waals surface area (Å²) in [4.78, 5) is -0.0933. The summed E-state index contributed by atoms with van der Waals surface area (Å²) in [6.45, 7) is 2.29. The molecule has 5 heteroatoms. The minimum absolute atomic E-state index is 0.0933. The van der Waals surface area contributed by atoms with Crippen LogP contribution in [0.1, 0.15) is 11.1 Å². The second kappa shape index (κ2) is 6.07. The maximum absolute atomic E-state index is 12.0. The van der Waals surface area contributed by atoms with E-state index in [9.17, 15) is 13.5 Å². The van der Waals surface area contributed by atoms with E-state index in [0.717, 1.165) is 11.1 Å². The fourth-order valence-corrected chi connectivity index (χ4v) is 3.09.